The average molecular weight is 471 g/mol. The van der Waals surface area contributed by atoms with Crippen molar-refractivity contribution in [1.82, 2.24) is 5.32 Å². The molecule has 3 aromatic carbocycles. The second kappa shape index (κ2) is 10.7. The van der Waals surface area contributed by atoms with E-state index in [1.165, 1.54) is 31.4 Å². The van der Waals surface area contributed by atoms with Crippen molar-refractivity contribution in [2.24, 2.45) is 0 Å². The van der Waals surface area contributed by atoms with Gasteiger partial charge in [0, 0.05) is 6.07 Å². The first-order valence-electron chi connectivity index (χ1n) is 10.1. The van der Waals surface area contributed by atoms with Gasteiger partial charge in [0.2, 0.25) is 0 Å². The zero-order valence-electron chi connectivity index (χ0n) is 18.6. The van der Waals surface area contributed by atoms with Crippen LogP contribution in [0.15, 0.2) is 77.7 Å². The van der Waals surface area contributed by atoms with Crippen LogP contribution in [0.1, 0.15) is 18.5 Å². The predicted octanol–water partition coefficient (Wildman–Crippen LogP) is 3.76. The fourth-order valence-electron chi connectivity index (χ4n) is 3.02. The molecule has 2 N–H and O–H groups in total. The molecule has 0 aliphatic heterocycles. The van der Waals surface area contributed by atoms with Crippen LogP contribution >= 0.6 is 0 Å². The van der Waals surface area contributed by atoms with Crippen LogP contribution in [0.4, 0.5) is 5.69 Å². The van der Waals surface area contributed by atoms with E-state index in [2.05, 4.69) is 10.0 Å². The van der Waals surface area contributed by atoms with Crippen LogP contribution in [0.25, 0.3) is 0 Å². The Morgan fingerprint density at radius 2 is 1.52 bits per heavy atom. The Hall–Kier alpha value is -3.72. The first-order chi connectivity index (χ1) is 15.8. The van der Waals surface area contributed by atoms with Gasteiger partial charge in [0.15, 0.2) is 6.61 Å². The first kappa shape index (κ1) is 23.9. The fraction of sp³-hybridized carbons (Fsp3) is 0.208. The second-order valence-corrected chi connectivity index (χ2v) is 8.84. The number of hydrogen-bond donors (Lipinski definition) is 2. The predicted molar refractivity (Wildman–Crippen MR) is 125 cm³/mol. The number of nitrogens with one attached hydrogen (secondary N) is 2. The maximum Gasteiger partial charge on any atom is 0.261 e. The lowest BCUT2D eigenvalue weighted by Gasteiger charge is -2.15. The van der Waals surface area contributed by atoms with E-state index in [-0.39, 0.29) is 23.5 Å². The Bertz CT molecular complexity index is 1180. The summed E-state index contributed by atoms with van der Waals surface area (Å²) < 4.78 is 43.5. The lowest BCUT2D eigenvalue weighted by atomic mass is 10.1. The van der Waals surface area contributed by atoms with E-state index in [0.29, 0.717) is 17.2 Å². The van der Waals surface area contributed by atoms with E-state index in [4.69, 9.17) is 14.2 Å². The van der Waals surface area contributed by atoms with Gasteiger partial charge in [-0.2, -0.15) is 0 Å². The zero-order valence-corrected chi connectivity index (χ0v) is 19.4. The van der Waals surface area contributed by atoms with Crippen molar-refractivity contribution in [1.29, 1.82) is 0 Å². The van der Waals surface area contributed by atoms with E-state index in [1.54, 1.807) is 31.4 Å². The van der Waals surface area contributed by atoms with E-state index < -0.39 is 10.0 Å². The van der Waals surface area contributed by atoms with Crippen molar-refractivity contribution in [3.8, 4) is 17.2 Å². The van der Waals surface area contributed by atoms with Gasteiger partial charge < -0.3 is 19.5 Å². The van der Waals surface area contributed by atoms with Crippen molar-refractivity contribution < 1.29 is 27.4 Å². The van der Waals surface area contributed by atoms with Gasteiger partial charge in [0.05, 0.1) is 30.8 Å². The van der Waals surface area contributed by atoms with E-state index >= 15 is 0 Å². The third-order valence-electron chi connectivity index (χ3n) is 4.82. The summed E-state index contributed by atoms with van der Waals surface area (Å²) in [6, 6.07) is 19.6. The number of rotatable bonds is 10. The molecule has 9 heteroatoms. The highest BCUT2D eigenvalue weighted by Gasteiger charge is 2.15. The van der Waals surface area contributed by atoms with Gasteiger partial charge in [-0.05, 0) is 61.0 Å². The van der Waals surface area contributed by atoms with Crippen molar-refractivity contribution in [3.05, 3.63) is 78.4 Å². The summed E-state index contributed by atoms with van der Waals surface area (Å²) in [4.78, 5) is 12.3. The monoisotopic (exact) mass is 470 g/mol. The Morgan fingerprint density at radius 1 is 0.879 bits per heavy atom. The normalized spacial score (nSPS) is 11.8. The number of sulfonamides is 1. The summed E-state index contributed by atoms with van der Waals surface area (Å²) in [6.07, 6.45) is 0. The molecule has 0 heterocycles. The molecule has 0 bridgehead atoms. The molecule has 0 spiro atoms. The molecule has 8 nitrogen and oxygen atoms in total. The van der Waals surface area contributed by atoms with Gasteiger partial charge in [-0.25, -0.2) is 8.42 Å². The highest BCUT2D eigenvalue weighted by Crippen LogP contribution is 2.22. The summed E-state index contributed by atoms with van der Waals surface area (Å²) in [5.41, 5.74) is 1.32. The van der Waals surface area contributed by atoms with E-state index in [1.807, 2.05) is 31.2 Å². The second-order valence-electron chi connectivity index (χ2n) is 7.16. The van der Waals surface area contributed by atoms with Crippen LogP contribution in [0.2, 0.25) is 0 Å². The zero-order chi connectivity index (χ0) is 23.8. The van der Waals surface area contributed by atoms with Gasteiger partial charge >= 0.3 is 0 Å². The summed E-state index contributed by atoms with van der Waals surface area (Å²) in [7, 11) is -0.687. The topological polar surface area (TPSA) is 103 Å². The molecule has 1 amide bonds. The molecule has 0 fully saturated rings. The minimum atomic E-state index is -3.79. The maximum absolute atomic E-state index is 12.6. The van der Waals surface area contributed by atoms with Crippen LogP contribution in [0.3, 0.4) is 0 Å². The third-order valence-corrected chi connectivity index (χ3v) is 6.22. The standard InChI is InChI=1S/C24H26N2O6S/c1-17(18-7-9-20(30-2)10-8-18)25-24(27)16-32-21-11-13-23(14-12-21)33(28,29)26-19-5-4-6-22(15-19)31-3/h4-15,17,26H,16H2,1-3H3,(H,25,27). The minimum absolute atomic E-state index is 0.0650. The molecule has 1 atom stereocenters. The highest BCUT2D eigenvalue weighted by molar-refractivity contribution is 7.92. The SMILES string of the molecule is COc1ccc(C(C)NC(=O)COc2ccc(S(=O)(=O)Nc3cccc(OC)c3)cc2)cc1. The molecular formula is C24H26N2O6S. The van der Waals surface area contributed by atoms with Crippen LogP contribution in [-0.4, -0.2) is 35.2 Å². The van der Waals surface area contributed by atoms with Gasteiger partial charge in [-0.1, -0.05) is 18.2 Å². The summed E-state index contributed by atoms with van der Waals surface area (Å²) in [6.45, 7) is 1.67. The number of carbonyl (C=O) groups excluding carboxylic acids is 1. The molecule has 0 aliphatic rings. The number of amides is 1. The molecular weight excluding hydrogens is 444 g/mol. The number of carbonyl (C=O) groups is 1. The molecule has 0 radical (unpaired) electrons. The van der Waals surface area contributed by atoms with Crippen molar-refractivity contribution in [2.45, 2.75) is 17.9 Å². The van der Waals surface area contributed by atoms with Crippen LogP contribution < -0.4 is 24.2 Å². The summed E-state index contributed by atoms with van der Waals surface area (Å²) in [5.74, 6) is 1.36. The Morgan fingerprint density at radius 3 is 2.15 bits per heavy atom. The quantitative estimate of drug-likeness (QED) is 0.468. The molecule has 174 valence electrons. The summed E-state index contributed by atoms with van der Waals surface area (Å²) in [5, 5.41) is 2.86. The van der Waals surface area contributed by atoms with Crippen molar-refractivity contribution >= 4 is 21.6 Å². The number of ether oxygens (including phenoxy) is 3. The molecule has 0 aromatic heterocycles. The molecule has 0 saturated heterocycles. The van der Waals surface area contributed by atoms with Gasteiger partial charge in [0.1, 0.15) is 17.2 Å². The fourth-order valence-corrected chi connectivity index (χ4v) is 4.07. The maximum atomic E-state index is 12.6. The van der Waals surface area contributed by atoms with Gasteiger partial charge in [0.25, 0.3) is 15.9 Å². The van der Waals surface area contributed by atoms with Crippen LogP contribution in [0, 0.1) is 0 Å². The average Bonchev–Trinajstić information content (AvgIpc) is 2.83. The van der Waals surface area contributed by atoms with E-state index in [0.717, 1.165) is 11.3 Å². The van der Waals surface area contributed by atoms with Gasteiger partial charge in [-0.15, -0.1) is 0 Å². The minimum Gasteiger partial charge on any atom is -0.497 e. The molecule has 1 unspecified atom stereocenters. The molecule has 3 aromatic rings. The summed E-state index contributed by atoms with van der Waals surface area (Å²) >= 11 is 0. The molecule has 0 aliphatic carbocycles. The van der Waals surface area contributed by atoms with Crippen molar-refractivity contribution in [2.75, 3.05) is 25.5 Å². The molecule has 0 saturated carbocycles. The molecule has 33 heavy (non-hydrogen) atoms. The first-order valence-corrected chi connectivity index (χ1v) is 11.6. The Labute approximate surface area is 193 Å². The number of benzene rings is 3. The third kappa shape index (κ3) is 6.63. The number of hydrogen-bond acceptors (Lipinski definition) is 6. The highest BCUT2D eigenvalue weighted by atomic mass is 32.2. The number of anilines is 1. The number of methoxy groups -OCH3 is 2. The largest absolute Gasteiger partial charge is 0.497 e. The lowest BCUT2D eigenvalue weighted by molar-refractivity contribution is -0.123. The lowest BCUT2D eigenvalue weighted by Crippen LogP contribution is -2.31. The van der Waals surface area contributed by atoms with E-state index in [9.17, 15) is 13.2 Å². The molecule has 3 rings (SSSR count). The Balaban J connectivity index is 1.54. The van der Waals surface area contributed by atoms with Gasteiger partial charge in [-0.3, -0.25) is 9.52 Å². The van der Waals surface area contributed by atoms with Crippen molar-refractivity contribution in [3.63, 3.8) is 0 Å². The smallest absolute Gasteiger partial charge is 0.261 e. The van der Waals surface area contributed by atoms with Crippen LogP contribution in [0.5, 0.6) is 17.2 Å². The Kier molecular flexibility index (Phi) is 7.78. The van der Waals surface area contributed by atoms with Crippen LogP contribution in [-0.2, 0) is 14.8 Å².